The molecule has 0 spiro atoms. The number of unbranched alkanes of at least 4 members (excludes halogenated alkanes) is 12. The number of hydrogen-bond acceptors (Lipinski definition) is 1. The topological polar surface area (TPSA) is 43.3 Å². The van der Waals surface area contributed by atoms with E-state index in [1.165, 1.54) is 77.0 Å². The van der Waals surface area contributed by atoms with Crippen molar-refractivity contribution in [1.82, 2.24) is 0 Å². The van der Waals surface area contributed by atoms with Crippen molar-refractivity contribution < 1.29 is 14.5 Å². The van der Waals surface area contributed by atoms with E-state index in [0.717, 1.165) is 12.8 Å². The highest BCUT2D eigenvalue weighted by Crippen LogP contribution is 2.18. The van der Waals surface area contributed by atoms with Gasteiger partial charge >= 0.3 is 0 Å². The number of quaternary nitrogens is 1. The fourth-order valence-corrected chi connectivity index (χ4v) is 4.49. The quantitative estimate of drug-likeness (QED) is 0.133. The molecule has 0 aliphatic rings. The van der Waals surface area contributed by atoms with Crippen LogP contribution in [-0.2, 0) is 0 Å². The minimum atomic E-state index is -1.55. The van der Waals surface area contributed by atoms with E-state index >= 15 is 0 Å². The summed E-state index contributed by atoms with van der Waals surface area (Å²) in [6.45, 7) is 2.76. The molecule has 0 fully saturated rings. The van der Waals surface area contributed by atoms with Gasteiger partial charge in [0.1, 0.15) is 6.16 Å². The van der Waals surface area contributed by atoms with Crippen molar-refractivity contribution in [3.05, 3.63) is 12.2 Å². The molecule has 0 saturated carbocycles. The first-order valence-corrected chi connectivity index (χ1v) is 12.8. The Morgan fingerprint density at radius 1 is 0.778 bits per heavy atom. The van der Waals surface area contributed by atoms with Crippen LogP contribution >= 0.6 is 7.77 Å². The standard InChI is InChI=1S/C23H46NO2P/c1-5-6-7-8-9-10-11-12-13-14-15-16-17-18-19-20-21-27(26)23(25)22-24(2,3)4/h12-13H,5-11,14-22H2,1-4H3/p+1/b13-12+. The summed E-state index contributed by atoms with van der Waals surface area (Å²) in [6, 6.07) is 0. The van der Waals surface area contributed by atoms with Crippen molar-refractivity contribution in [3.63, 3.8) is 0 Å². The van der Waals surface area contributed by atoms with Crippen molar-refractivity contribution >= 4 is 13.3 Å². The molecule has 0 aromatic heterocycles. The molecule has 0 rings (SSSR count). The van der Waals surface area contributed by atoms with Gasteiger partial charge in [0.15, 0.2) is 6.54 Å². The van der Waals surface area contributed by atoms with Crippen molar-refractivity contribution in [1.29, 1.82) is 0 Å². The second-order valence-electron chi connectivity index (χ2n) is 8.90. The lowest BCUT2D eigenvalue weighted by molar-refractivity contribution is -0.861. The number of nitrogens with zero attached hydrogens (tertiary/aromatic N) is 1. The second-order valence-corrected chi connectivity index (χ2v) is 10.6. The predicted molar refractivity (Wildman–Crippen MR) is 121 cm³/mol. The Labute approximate surface area is 170 Å². The molecular formula is C23H47NO2P+. The van der Waals surface area contributed by atoms with Gasteiger partial charge in [-0.05, 0) is 38.5 Å². The lowest BCUT2D eigenvalue weighted by Crippen LogP contribution is -2.39. The molecule has 4 heteroatoms. The van der Waals surface area contributed by atoms with Crippen molar-refractivity contribution in [2.24, 2.45) is 0 Å². The number of allylic oxidation sites excluding steroid dienone is 2. The van der Waals surface area contributed by atoms with E-state index in [0.29, 0.717) is 17.2 Å². The third-order valence-electron chi connectivity index (χ3n) is 4.78. The molecule has 1 atom stereocenters. The highest BCUT2D eigenvalue weighted by molar-refractivity contribution is 7.51. The van der Waals surface area contributed by atoms with E-state index < -0.39 is 7.77 Å². The van der Waals surface area contributed by atoms with Crippen molar-refractivity contribution in [3.8, 4) is 0 Å². The fourth-order valence-electron chi connectivity index (χ4n) is 3.14. The first-order chi connectivity index (χ1) is 12.9. The van der Waals surface area contributed by atoms with Gasteiger partial charge in [0.25, 0.3) is 5.48 Å². The van der Waals surface area contributed by atoms with Gasteiger partial charge in [-0.15, -0.1) is 0 Å². The van der Waals surface area contributed by atoms with Gasteiger partial charge in [0.05, 0.1) is 28.9 Å². The molecule has 0 aromatic carbocycles. The van der Waals surface area contributed by atoms with Crippen LogP contribution in [0.1, 0.15) is 96.8 Å². The number of aliphatic hydroxyl groups is 1. The summed E-state index contributed by atoms with van der Waals surface area (Å²) in [7, 11) is 4.46. The molecule has 1 N–H and O–H groups in total. The summed E-state index contributed by atoms with van der Waals surface area (Å²) in [5.41, 5.74) is 0.185. The third kappa shape index (κ3) is 20.3. The first kappa shape index (κ1) is 26.8. The number of likely N-dealkylation sites (N-methyl/N-ethyl adjacent to an activating group) is 1. The molecule has 0 aromatic rings. The molecule has 0 amide bonds. The van der Waals surface area contributed by atoms with Crippen LogP contribution in [0.4, 0.5) is 0 Å². The van der Waals surface area contributed by atoms with Crippen LogP contribution in [0.15, 0.2) is 12.2 Å². The van der Waals surface area contributed by atoms with Gasteiger partial charge in [0, 0.05) is 0 Å². The summed E-state index contributed by atoms with van der Waals surface area (Å²) in [5, 5.41) is 9.89. The Balaban J connectivity index is 3.42. The smallest absolute Gasteiger partial charge is 0.273 e. The molecule has 0 radical (unpaired) electrons. The van der Waals surface area contributed by atoms with Crippen LogP contribution in [0.3, 0.4) is 0 Å². The molecule has 0 heterocycles. The van der Waals surface area contributed by atoms with Gasteiger partial charge in [-0.3, -0.25) is 0 Å². The minimum absolute atomic E-state index is 0.185. The van der Waals surface area contributed by atoms with Crippen LogP contribution in [0.5, 0.6) is 0 Å². The number of aliphatic hydroxyl groups excluding tert-OH is 1. The monoisotopic (exact) mass is 400 g/mol. The first-order valence-electron chi connectivity index (χ1n) is 11.3. The van der Waals surface area contributed by atoms with E-state index in [1.54, 1.807) is 0 Å². The van der Waals surface area contributed by atoms with Gasteiger partial charge in [0.2, 0.25) is 0 Å². The van der Waals surface area contributed by atoms with Gasteiger partial charge in [-0.1, -0.05) is 70.4 Å². The van der Waals surface area contributed by atoms with E-state index in [9.17, 15) is 10.00 Å². The molecule has 160 valence electrons. The second kappa shape index (κ2) is 17.9. The molecule has 0 saturated heterocycles. The van der Waals surface area contributed by atoms with Crippen LogP contribution < -0.4 is 4.89 Å². The Morgan fingerprint density at radius 3 is 1.70 bits per heavy atom. The third-order valence-corrected chi connectivity index (χ3v) is 6.22. The van der Waals surface area contributed by atoms with Crippen LogP contribution in [0, 0.1) is 0 Å². The average molecular weight is 401 g/mol. The maximum Gasteiger partial charge on any atom is 0.273 e. The predicted octanol–water partition coefficient (Wildman–Crippen LogP) is 5.99. The molecule has 0 aliphatic carbocycles. The summed E-state index contributed by atoms with van der Waals surface area (Å²) in [6.07, 6.45) is 23.3. The van der Waals surface area contributed by atoms with E-state index in [4.69, 9.17) is 0 Å². The number of rotatable bonds is 18. The Bertz CT molecular complexity index is 400. The molecule has 27 heavy (non-hydrogen) atoms. The fraction of sp³-hybridized carbons (Fsp3) is 0.870. The lowest BCUT2D eigenvalue weighted by Gasteiger charge is -2.22. The summed E-state index contributed by atoms with van der Waals surface area (Å²) < 4.78 is 0.625. The minimum Gasteiger partial charge on any atom is -0.629 e. The Hall–Kier alpha value is -0.210. The molecular weight excluding hydrogens is 353 g/mol. The van der Waals surface area contributed by atoms with Gasteiger partial charge < -0.3 is 14.5 Å². The van der Waals surface area contributed by atoms with Crippen LogP contribution in [-0.4, -0.2) is 48.9 Å². The normalized spacial score (nSPS) is 13.4. The lowest BCUT2D eigenvalue weighted by atomic mass is 10.1. The highest BCUT2D eigenvalue weighted by Gasteiger charge is 2.16. The highest BCUT2D eigenvalue weighted by atomic mass is 31.1. The maximum atomic E-state index is 12.0. The summed E-state index contributed by atoms with van der Waals surface area (Å²) >= 11 is 0. The molecule has 1 unspecified atom stereocenters. The zero-order chi connectivity index (χ0) is 20.4. The largest absolute Gasteiger partial charge is 0.629 e. The summed E-state index contributed by atoms with van der Waals surface area (Å²) in [5.74, 6) is 0. The summed E-state index contributed by atoms with van der Waals surface area (Å²) in [4.78, 5) is 12.0. The SMILES string of the molecule is CCCCCCCC/C=C/CCCCCCCC[P+]([O-])=C(O)C[N+](C)(C)C. The average Bonchev–Trinajstić information content (AvgIpc) is 2.59. The van der Waals surface area contributed by atoms with Gasteiger partial charge in [-0.2, -0.15) is 0 Å². The van der Waals surface area contributed by atoms with E-state index in [-0.39, 0.29) is 5.48 Å². The molecule has 3 nitrogen and oxygen atoms in total. The van der Waals surface area contributed by atoms with Crippen molar-refractivity contribution in [2.75, 3.05) is 33.8 Å². The van der Waals surface area contributed by atoms with Gasteiger partial charge in [-0.25, -0.2) is 0 Å². The Morgan fingerprint density at radius 2 is 1.22 bits per heavy atom. The molecule has 0 aliphatic heterocycles. The number of hydrogen-bond donors (Lipinski definition) is 1. The van der Waals surface area contributed by atoms with Crippen LogP contribution in [0.25, 0.3) is 0 Å². The zero-order valence-electron chi connectivity index (χ0n) is 18.7. The van der Waals surface area contributed by atoms with E-state index in [1.807, 2.05) is 21.1 Å². The maximum absolute atomic E-state index is 12.0. The van der Waals surface area contributed by atoms with Crippen LogP contribution in [0.2, 0.25) is 0 Å². The Kier molecular flexibility index (Phi) is 17.7. The molecule has 0 bridgehead atoms. The van der Waals surface area contributed by atoms with Crippen molar-refractivity contribution in [2.45, 2.75) is 96.8 Å². The zero-order valence-corrected chi connectivity index (χ0v) is 19.6. The van der Waals surface area contributed by atoms with E-state index in [2.05, 4.69) is 19.1 Å².